The highest BCUT2D eigenvalue weighted by atomic mass is 16.5. The van der Waals surface area contributed by atoms with Crippen LogP contribution in [0.2, 0.25) is 0 Å². The van der Waals surface area contributed by atoms with Crippen molar-refractivity contribution >= 4 is 11.7 Å². The first kappa shape index (κ1) is 21.1. The SMILES string of the molecule is CC1(C)Cc2c(ccc(O[C@H]3CC[C@H](N)CC3)c2C(=O)NCC#N)-c2ncnc(N)c21. The maximum atomic E-state index is 13.2. The first-order chi connectivity index (χ1) is 14.8. The molecular weight excluding hydrogens is 392 g/mol. The van der Waals surface area contributed by atoms with Gasteiger partial charge in [-0.05, 0) is 55.2 Å². The van der Waals surface area contributed by atoms with Crippen LogP contribution in [0.5, 0.6) is 5.75 Å². The molecule has 0 spiro atoms. The molecule has 1 heterocycles. The van der Waals surface area contributed by atoms with Crippen LogP contribution < -0.4 is 21.5 Å². The molecule has 8 nitrogen and oxygen atoms in total. The Morgan fingerprint density at radius 1 is 1.29 bits per heavy atom. The van der Waals surface area contributed by atoms with Crippen molar-refractivity contribution in [1.29, 1.82) is 5.26 Å². The van der Waals surface area contributed by atoms with Crippen LogP contribution >= 0.6 is 0 Å². The number of hydrogen-bond acceptors (Lipinski definition) is 7. The standard InChI is InChI=1S/C23H28N6O2/c1-23(2)11-16-15(20-19(23)21(26)29-12-28-20)7-8-17(18(16)22(30)27-10-9-24)31-14-5-3-13(25)4-6-14/h7-8,12-14H,3-6,10-11,25H2,1-2H3,(H,27,30)(H2,26,28,29)/t13-,14-. The van der Waals surface area contributed by atoms with E-state index in [1.54, 1.807) is 0 Å². The predicted molar refractivity (Wildman–Crippen MR) is 117 cm³/mol. The van der Waals surface area contributed by atoms with Gasteiger partial charge >= 0.3 is 0 Å². The van der Waals surface area contributed by atoms with Crippen LogP contribution in [-0.4, -0.2) is 34.6 Å². The molecule has 0 radical (unpaired) electrons. The fraction of sp³-hybridized carbons (Fsp3) is 0.478. The smallest absolute Gasteiger partial charge is 0.256 e. The van der Waals surface area contributed by atoms with Crippen LogP contribution in [0, 0.1) is 11.3 Å². The van der Waals surface area contributed by atoms with Crippen molar-refractivity contribution in [3.8, 4) is 23.1 Å². The highest BCUT2D eigenvalue weighted by molar-refractivity contribution is 6.01. The van der Waals surface area contributed by atoms with Gasteiger partial charge in [0.15, 0.2) is 0 Å². The molecule has 1 aromatic carbocycles. The summed E-state index contributed by atoms with van der Waals surface area (Å²) in [5, 5.41) is 11.6. The molecule has 162 valence electrons. The number of nitrogen functional groups attached to an aromatic ring is 1. The zero-order valence-electron chi connectivity index (χ0n) is 17.9. The van der Waals surface area contributed by atoms with E-state index in [1.807, 2.05) is 18.2 Å². The summed E-state index contributed by atoms with van der Waals surface area (Å²) in [6.45, 7) is 4.07. The molecule has 5 N–H and O–H groups in total. The Kier molecular flexibility index (Phi) is 5.54. The van der Waals surface area contributed by atoms with Crippen LogP contribution in [0.25, 0.3) is 11.3 Å². The molecule has 1 fully saturated rings. The van der Waals surface area contributed by atoms with Gasteiger partial charge in [0.05, 0.1) is 23.4 Å². The van der Waals surface area contributed by atoms with E-state index in [0.717, 1.165) is 48.1 Å². The van der Waals surface area contributed by atoms with E-state index >= 15 is 0 Å². The molecule has 8 heteroatoms. The molecule has 0 saturated heterocycles. The summed E-state index contributed by atoms with van der Waals surface area (Å²) in [5.74, 6) is 0.674. The number of nitrogens with two attached hydrogens (primary N) is 2. The molecule has 31 heavy (non-hydrogen) atoms. The Labute approximate surface area is 182 Å². The fourth-order valence-corrected chi connectivity index (χ4v) is 4.77. The summed E-state index contributed by atoms with van der Waals surface area (Å²) in [7, 11) is 0. The van der Waals surface area contributed by atoms with E-state index in [1.165, 1.54) is 6.33 Å². The Hall–Kier alpha value is -3.18. The van der Waals surface area contributed by atoms with Gasteiger partial charge in [-0.15, -0.1) is 0 Å². The van der Waals surface area contributed by atoms with Crippen LogP contribution in [0.1, 0.15) is 61.0 Å². The number of aromatic nitrogens is 2. The normalized spacial score (nSPS) is 21.4. The van der Waals surface area contributed by atoms with Crippen LogP contribution in [-0.2, 0) is 11.8 Å². The monoisotopic (exact) mass is 420 g/mol. The summed E-state index contributed by atoms with van der Waals surface area (Å²) >= 11 is 0. The summed E-state index contributed by atoms with van der Waals surface area (Å²) in [4.78, 5) is 21.8. The van der Waals surface area contributed by atoms with Gasteiger partial charge in [-0.2, -0.15) is 5.26 Å². The number of nitrogens with one attached hydrogen (secondary N) is 1. The van der Waals surface area contributed by atoms with Crippen LogP contribution in [0.3, 0.4) is 0 Å². The van der Waals surface area contributed by atoms with Gasteiger partial charge in [0, 0.05) is 17.2 Å². The summed E-state index contributed by atoms with van der Waals surface area (Å²) < 4.78 is 6.33. The summed E-state index contributed by atoms with van der Waals surface area (Å²) in [6.07, 6.45) is 5.57. The lowest BCUT2D eigenvalue weighted by molar-refractivity contribution is 0.0943. The van der Waals surface area contributed by atoms with Crippen molar-refractivity contribution in [3.63, 3.8) is 0 Å². The average molecular weight is 421 g/mol. The van der Waals surface area contributed by atoms with E-state index in [0.29, 0.717) is 23.6 Å². The molecule has 0 aliphatic heterocycles. The number of anilines is 1. The second-order valence-electron chi connectivity index (χ2n) is 9.00. The molecule has 0 bridgehead atoms. The third-order valence-corrected chi connectivity index (χ3v) is 6.27. The molecule has 0 atom stereocenters. The maximum Gasteiger partial charge on any atom is 0.256 e. The first-order valence-corrected chi connectivity index (χ1v) is 10.7. The van der Waals surface area contributed by atoms with E-state index in [4.69, 9.17) is 21.5 Å². The molecule has 2 aliphatic rings. The number of hydrogen-bond donors (Lipinski definition) is 3. The molecule has 1 aromatic heterocycles. The number of ether oxygens (including phenoxy) is 1. The molecule has 0 unspecified atom stereocenters. The van der Waals surface area contributed by atoms with Crippen molar-refractivity contribution in [2.45, 2.75) is 63.5 Å². The predicted octanol–water partition coefficient (Wildman–Crippen LogP) is 2.46. The number of carbonyl (C=O) groups is 1. The van der Waals surface area contributed by atoms with Crippen molar-refractivity contribution in [2.24, 2.45) is 5.73 Å². The lowest BCUT2D eigenvalue weighted by Crippen LogP contribution is -2.34. The molecule has 1 amide bonds. The van der Waals surface area contributed by atoms with E-state index in [2.05, 4.69) is 29.1 Å². The number of nitriles is 1. The van der Waals surface area contributed by atoms with E-state index < -0.39 is 0 Å². The molecule has 4 rings (SSSR count). The Balaban J connectivity index is 1.82. The molecule has 2 aromatic rings. The summed E-state index contributed by atoms with van der Waals surface area (Å²) in [5.41, 5.74) is 15.7. The number of amides is 1. The van der Waals surface area contributed by atoms with Crippen molar-refractivity contribution < 1.29 is 9.53 Å². The number of nitrogens with zero attached hydrogens (tertiary/aromatic N) is 3. The van der Waals surface area contributed by atoms with Crippen molar-refractivity contribution in [2.75, 3.05) is 12.3 Å². The Morgan fingerprint density at radius 2 is 2.03 bits per heavy atom. The number of fused-ring (bicyclic) bond motifs is 3. The Bertz CT molecular complexity index is 1050. The van der Waals surface area contributed by atoms with Gasteiger partial charge in [-0.25, -0.2) is 9.97 Å². The highest BCUT2D eigenvalue weighted by Crippen LogP contribution is 2.46. The highest BCUT2D eigenvalue weighted by Gasteiger charge is 2.38. The third-order valence-electron chi connectivity index (χ3n) is 6.27. The molecular formula is C23H28N6O2. The van der Waals surface area contributed by atoms with Crippen LogP contribution in [0.15, 0.2) is 18.5 Å². The minimum atomic E-state index is -0.367. The second kappa shape index (κ2) is 8.16. The van der Waals surface area contributed by atoms with Crippen molar-refractivity contribution in [1.82, 2.24) is 15.3 Å². The largest absolute Gasteiger partial charge is 0.490 e. The minimum absolute atomic E-state index is 0.0159. The summed E-state index contributed by atoms with van der Waals surface area (Å²) in [6, 6.07) is 5.96. The van der Waals surface area contributed by atoms with Gasteiger partial charge in [0.1, 0.15) is 24.4 Å². The third kappa shape index (κ3) is 3.93. The van der Waals surface area contributed by atoms with Gasteiger partial charge in [-0.1, -0.05) is 13.8 Å². The molecule has 1 saturated carbocycles. The lowest BCUT2D eigenvalue weighted by atomic mass is 9.70. The minimum Gasteiger partial charge on any atom is -0.490 e. The second-order valence-corrected chi connectivity index (χ2v) is 9.00. The zero-order chi connectivity index (χ0) is 22.2. The maximum absolute atomic E-state index is 13.2. The van der Waals surface area contributed by atoms with Gasteiger partial charge in [0.25, 0.3) is 5.91 Å². The first-order valence-electron chi connectivity index (χ1n) is 10.7. The lowest BCUT2D eigenvalue weighted by Gasteiger charge is -2.35. The van der Waals surface area contributed by atoms with Gasteiger partial charge < -0.3 is 21.5 Å². The average Bonchev–Trinajstić information content (AvgIpc) is 2.73. The van der Waals surface area contributed by atoms with E-state index in [-0.39, 0.29) is 30.0 Å². The van der Waals surface area contributed by atoms with E-state index in [9.17, 15) is 4.79 Å². The number of benzene rings is 1. The van der Waals surface area contributed by atoms with Gasteiger partial charge in [-0.3, -0.25) is 4.79 Å². The quantitative estimate of drug-likeness (QED) is 0.645. The number of rotatable bonds is 4. The topological polar surface area (TPSA) is 140 Å². The fourth-order valence-electron chi connectivity index (χ4n) is 4.77. The zero-order valence-corrected chi connectivity index (χ0v) is 17.9. The molecule has 2 aliphatic carbocycles. The van der Waals surface area contributed by atoms with Crippen LogP contribution in [0.4, 0.5) is 5.82 Å². The van der Waals surface area contributed by atoms with Crippen molar-refractivity contribution in [3.05, 3.63) is 35.2 Å². The Morgan fingerprint density at radius 3 is 2.74 bits per heavy atom. The number of carbonyl (C=O) groups excluding carboxylic acids is 1. The van der Waals surface area contributed by atoms with Gasteiger partial charge in [0.2, 0.25) is 0 Å².